The minimum absolute atomic E-state index is 0.0176. The maximum Gasteiger partial charge on any atom is 0.274 e. The number of H-pyrrole nitrogens is 1. The molecule has 1 N–H and O–H groups in total. The molecule has 1 amide bonds. The molecule has 1 saturated carbocycles. The lowest BCUT2D eigenvalue weighted by Gasteiger charge is -2.45. The van der Waals surface area contributed by atoms with E-state index in [-0.39, 0.29) is 11.5 Å². The van der Waals surface area contributed by atoms with E-state index in [1.807, 2.05) is 23.1 Å². The molecule has 2 fully saturated rings. The Bertz CT molecular complexity index is 849. The van der Waals surface area contributed by atoms with Gasteiger partial charge in [0.05, 0.1) is 13.7 Å². The lowest BCUT2D eigenvalue weighted by Crippen LogP contribution is -2.48. The summed E-state index contributed by atoms with van der Waals surface area (Å²) in [6.45, 7) is 2.06. The van der Waals surface area contributed by atoms with Crippen molar-refractivity contribution >= 4 is 5.91 Å². The number of nitrogens with zero attached hydrogens (tertiary/aromatic N) is 2. The minimum atomic E-state index is -0.346. The third-order valence-corrected chi connectivity index (χ3v) is 6.23. The fourth-order valence-electron chi connectivity index (χ4n) is 4.58. The van der Waals surface area contributed by atoms with Crippen LogP contribution in [0.5, 0.6) is 5.75 Å². The molecule has 2 aliphatic heterocycles. The highest BCUT2D eigenvalue weighted by atomic mass is 16.5. The highest BCUT2D eigenvalue weighted by Gasteiger charge is 2.44. The normalized spacial score (nSPS) is 21.1. The standard InChI is InChI=1S/C21H25N3O3/c1-26-18-4-2-3-15-7-12-27-21(19(15)18)8-10-24(11-9-21)20(25)17-13-16(22-23-17)14-5-6-14/h2-4,13-14H,5-12H2,1H3,(H,22,23). The SMILES string of the molecule is COc1cccc2c1C1(CCN(C(=O)c3cc(C4CC4)[nH]n3)CC1)OCC2. The predicted molar refractivity (Wildman–Crippen MR) is 100 cm³/mol. The summed E-state index contributed by atoms with van der Waals surface area (Å²) in [6, 6.07) is 8.16. The van der Waals surface area contributed by atoms with Gasteiger partial charge in [0.2, 0.25) is 0 Å². The minimum Gasteiger partial charge on any atom is -0.496 e. The summed E-state index contributed by atoms with van der Waals surface area (Å²) < 4.78 is 12.0. The number of methoxy groups -OCH3 is 1. The monoisotopic (exact) mass is 367 g/mol. The van der Waals surface area contributed by atoms with Gasteiger partial charge in [-0.25, -0.2) is 0 Å². The van der Waals surface area contributed by atoms with Crippen LogP contribution in [0.1, 0.15) is 58.9 Å². The van der Waals surface area contributed by atoms with E-state index in [1.165, 1.54) is 24.0 Å². The second kappa shape index (κ2) is 6.37. The average Bonchev–Trinajstić information content (AvgIpc) is 3.44. The van der Waals surface area contributed by atoms with E-state index in [2.05, 4.69) is 16.3 Å². The van der Waals surface area contributed by atoms with Crippen molar-refractivity contribution in [2.75, 3.05) is 26.8 Å². The highest BCUT2D eigenvalue weighted by Crippen LogP contribution is 2.46. The Balaban J connectivity index is 1.35. The van der Waals surface area contributed by atoms with Gasteiger partial charge in [0, 0.05) is 30.3 Å². The first-order chi connectivity index (χ1) is 13.2. The van der Waals surface area contributed by atoms with Crippen LogP contribution in [0, 0.1) is 0 Å². The second-order valence-electron chi connectivity index (χ2n) is 7.86. The largest absolute Gasteiger partial charge is 0.496 e. The van der Waals surface area contributed by atoms with Crippen LogP contribution in [0.4, 0.5) is 0 Å². The van der Waals surface area contributed by atoms with Gasteiger partial charge in [-0.05, 0) is 49.8 Å². The molecule has 1 aliphatic carbocycles. The van der Waals surface area contributed by atoms with Crippen LogP contribution in [0.15, 0.2) is 24.3 Å². The van der Waals surface area contributed by atoms with Crippen LogP contribution >= 0.6 is 0 Å². The quantitative estimate of drug-likeness (QED) is 0.906. The van der Waals surface area contributed by atoms with Gasteiger partial charge in [-0.2, -0.15) is 5.10 Å². The number of carbonyl (C=O) groups excluding carboxylic acids is 1. The molecule has 0 bridgehead atoms. The maximum atomic E-state index is 12.9. The second-order valence-corrected chi connectivity index (χ2v) is 7.86. The van der Waals surface area contributed by atoms with Gasteiger partial charge in [0.25, 0.3) is 5.91 Å². The molecule has 0 atom stereocenters. The molecule has 6 nitrogen and oxygen atoms in total. The van der Waals surface area contributed by atoms with Gasteiger partial charge in [-0.15, -0.1) is 0 Å². The molecule has 1 aromatic carbocycles. The van der Waals surface area contributed by atoms with Crippen LogP contribution < -0.4 is 4.74 Å². The summed E-state index contributed by atoms with van der Waals surface area (Å²) in [7, 11) is 1.71. The Morgan fingerprint density at radius 3 is 2.89 bits per heavy atom. The molecule has 3 aliphatic rings. The summed E-state index contributed by atoms with van der Waals surface area (Å²) in [6.07, 6.45) is 4.87. The number of rotatable bonds is 3. The smallest absolute Gasteiger partial charge is 0.274 e. The summed E-state index contributed by atoms with van der Waals surface area (Å²) in [4.78, 5) is 14.8. The summed E-state index contributed by atoms with van der Waals surface area (Å²) in [5, 5.41) is 7.29. The first-order valence-electron chi connectivity index (χ1n) is 9.85. The molecule has 2 aromatic rings. The van der Waals surface area contributed by atoms with E-state index in [4.69, 9.17) is 9.47 Å². The number of carbonyl (C=O) groups is 1. The first-order valence-corrected chi connectivity index (χ1v) is 9.85. The number of amides is 1. The molecule has 3 heterocycles. The number of fused-ring (bicyclic) bond motifs is 2. The Morgan fingerprint density at radius 1 is 1.33 bits per heavy atom. The third kappa shape index (κ3) is 2.83. The maximum absolute atomic E-state index is 12.9. The molecule has 1 spiro atoms. The van der Waals surface area contributed by atoms with Gasteiger partial charge >= 0.3 is 0 Å². The van der Waals surface area contributed by atoms with Gasteiger partial charge in [-0.3, -0.25) is 9.89 Å². The van der Waals surface area contributed by atoms with Crippen LogP contribution in [0.25, 0.3) is 0 Å². The van der Waals surface area contributed by atoms with Crippen molar-refractivity contribution in [3.8, 4) is 5.75 Å². The lowest BCUT2D eigenvalue weighted by atomic mass is 9.78. The Kier molecular flexibility index (Phi) is 3.97. The van der Waals surface area contributed by atoms with E-state index in [1.54, 1.807) is 7.11 Å². The Morgan fingerprint density at radius 2 is 2.15 bits per heavy atom. The number of benzene rings is 1. The molecule has 1 saturated heterocycles. The molecule has 0 radical (unpaired) electrons. The third-order valence-electron chi connectivity index (χ3n) is 6.23. The van der Waals surface area contributed by atoms with Crippen molar-refractivity contribution in [2.24, 2.45) is 0 Å². The topological polar surface area (TPSA) is 67.5 Å². The molecule has 1 aromatic heterocycles. The van der Waals surface area contributed by atoms with Crippen molar-refractivity contribution < 1.29 is 14.3 Å². The number of nitrogens with one attached hydrogen (secondary N) is 1. The van der Waals surface area contributed by atoms with Gasteiger partial charge in [0.15, 0.2) is 0 Å². The van der Waals surface area contributed by atoms with Crippen molar-refractivity contribution in [1.82, 2.24) is 15.1 Å². The number of ether oxygens (including phenoxy) is 2. The number of aromatic nitrogens is 2. The van der Waals surface area contributed by atoms with Crippen molar-refractivity contribution in [3.63, 3.8) is 0 Å². The zero-order valence-electron chi connectivity index (χ0n) is 15.7. The zero-order valence-corrected chi connectivity index (χ0v) is 15.7. The summed E-state index contributed by atoms with van der Waals surface area (Å²) in [5.41, 5.74) is 3.78. The average molecular weight is 367 g/mol. The number of hydrogen-bond donors (Lipinski definition) is 1. The Hall–Kier alpha value is -2.34. The molecule has 5 rings (SSSR count). The van der Waals surface area contributed by atoms with Crippen LogP contribution in [-0.4, -0.2) is 47.8 Å². The van der Waals surface area contributed by atoms with Crippen molar-refractivity contribution in [3.05, 3.63) is 46.8 Å². The molecule has 142 valence electrons. The van der Waals surface area contributed by atoms with E-state index in [0.29, 0.717) is 24.7 Å². The lowest BCUT2D eigenvalue weighted by molar-refractivity contribution is -0.0947. The van der Waals surface area contributed by atoms with Crippen LogP contribution in [-0.2, 0) is 16.8 Å². The molecular weight excluding hydrogens is 342 g/mol. The number of likely N-dealkylation sites (tertiary alicyclic amines) is 1. The Labute approximate surface area is 158 Å². The number of piperidine rings is 1. The predicted octanol–water partition coefficient (Wildman–Crippen LogP) is 3.00. The van der Waals surface area contributed by atoms with Gasteiger partial charge < -0.3 is 14.4 Å². The van der Waals surface area contributed by atoms with E-state index < -0.39 is 0 Å². The summed E-state index contributed by atoms with van der Waals surface area (Å²) >= 11 is 0. The fraction of sp³-hybridized carbons (Fsp3) is 0.524. The van der Waals surface area contributed by atoms with E-state index in [9.17, 15) is 4.79 Å². The van der Waals surface area contributed by atoms with Crippen molar-refractivity contribution in [2.45, 2.75) is 43.6 Å². The molecule has 27 heavy (non-hydrogen) atoms. The van der Waals surface area contributed by atoms with Crippen molar-refractivity contribution in [1.29, 1.82) is 0 Å². The highest BCUT2D eigenvalue weighted by molar-refractivity contribution is 5.92. The zero-order chi connectivity index (χ0) is 18.4. The first kappa shape index (κ1) is 16.8. The van der Waals surface area contributed by atoms with Crippen LogP contribution in [0.2, 0.25) is 0 Å². The van der Waals surface area contributed by atoms with Crippen LogP contribution in [0.3, 0.4) is 0 Å². The van der Waals surface area contributed by atoms with Gasteiger partial charge in [0.1, 0.15) is 17.0 Å². The molecule has 0 unspecified atom stereocenters. The number of aromatic amines is 1. The summed E-state index contributed by atoms with van der Waals surface area (Å²) in [5.74, 6) is 1.49. The fourth-order valence-corrected chi connectivity index (χ4v) is 4.58. The molecular formula is C21H25N3O3. The van der Waals surface area contributed by atoms with Gasteiger partial charge in [-0.1, -0.05) is 12.1 Å². The molecule has 6 heteroatoms. The van der Waals surface area contributed by atoms with E-state index >= 15 is 0 Å². The number of hydrogen-bond acceptors (Lipinski definition) is 4. The van der Waals surface area contributed by atoms with E-state index in [0.717, 1.165) is 37.3 Å².